The Hall–Kier alpha value is -2.03. The summed E-state index contributed by atoms with van der Waals surface area (Å²) in [5.41, 5.74) is 2.03. The minimum atomic E-state index is 0. The number of nitrogens with zero attached hydrogens (tertiary/aromatic N) is 2. The molecule has 0 saturated carbocycles. The van der Waals surface area contributed by atoms with E-state index in [0.29, 0.717) is 19.7 Å². The van der Waals surface area contributed by atoms with E-state index in [1.54, 1.807) is 13.3 Å². The molecule has 0 fully saturated rings. The fraction of sp³-hybridized carbons (Fsp3) is 0.400. The fourth-order valence-corrected chi connectivity index (χ4v) is 2.33. The molecule has 6 nitrogen and oxygen atoms in total. The van der Waals surface area contributed by atoms with Gasteiger partial charge in [-0.25, -0.2) is 4.99 Å². The number of hydrogen-bond donors (Lipinski definition) is 2. The summed E-state index contributed by atoms with van der Waals surface area (Å²) >= 11 is 0. The minimum Gasteiger partial charge on any atom is -0.493 e. The van der Waals surface area contributed by atoms with Crippen LogP contribution in [0.2, 0.25) is 0 Å². The van der Waals surface area contributed by atoms with Gasteiger partial charge in [-0.3, -0.25) is 4.98 Å². The van der Waals surface area contributed by atoms with Gasteiger partial charge in [0.2, 0.25) is 0 Å². The highest BCUT2D eigenvalue weighted by Crippen LogP contribution is 2.28. The normalized spacial score (nSPS) is 10.7. The number of benzene rings is 1. The molecule has 1 aromatic heterocycles. The molecule has 0 unspecified atom stereocenters. The maximum absolute atomic E-state index is 5.69. The van der Waals surface area contributed by atoms with Gasteiger partial charge < -0.3 is 20.1 Å². The molecule has 7 heteroatoms. The first-order valence-corrected chi connectivity index (χ1v) is 8.98. The van der Waals surface area contributed by atoms with Crippen molar-refractivity contribution in [3.05, 3.63) is 53.9 Å². The van der Waals surface area contributed by atoms with E-state index < -0.39 is 0 Å². The molecule has 1 aromatic carbocycles. The maximum atomic E-state index is 5.69. The highest BCUT2D eigenvalue weighted by Gasteiger charge is 2.06. The predicted octanol–water partition coefficient (Wildman–Crippen LogP) is 3.75. The largest absolute Gasteiger partial charge is 0.493 e. The first-order valence-electron chi connectivity index (χ1n) is 8.98. The number of methoxy groups -OCH3 is 1. The fourth-order valence-electron chi connectivity index (χ4n) is 2.33. The van der Waals surface area contributed by atoms with E-state index >= 15 is 0 Å². The Morgan fingerprint density at radius 2 is 1.96 bits per heavy atom. The Balaban J connectivity index is 0.00000364. The van der Waals surface area contributed by atoms with Crippen LogP contribution in [0.1, 0.15) is 31.5 Å². The van der Waals surface area contributed by atoms with Gasteiger partial charge in [-0.1, -0.05) is 19.1 Å². The quantitative estimate of drug-likeness (QED) is 0.323. The number of nitrogens with one attached hydrogen (secondary N) is 2. The SMILES string of the molecule is CCCOc1ccc(CN=C(NCC)NCc2ccccn2)cc1OC.I. The van der Waals surface area contributed by atoms with Crippen LogP contribution < -0.4 is 20.1 Å². The number of rotatable bonds is 9. The van der Waals surface area contributed by atoms with Crippen LogP contribution in [0.4, 0.5) is 0 Å². The second-order valence-electron chi connectivity index (χ2n) is 5.70. The average molecular weight is 484 g/mol. The molecule has 0 saturated heterocycles. The molecule has 0 bridgehead atoms. The Bertz CT molecular complexity index is 696. The van der Waals surface area contributed by atoms with Crippen LogP contribution in [0.5, 0.6) is 11.5 Å². The summed E-state index contributed by atoms with van der Waals surface area (Å²) in [6.07, 6.45) is 2.75. The summed E-state index contributed by atoms with van der Waals surface area (Å²) in [4.78, 5) is 8.95. The van der Waals surface area contributed by atoms with Crippen LogP contribution in [-0.4, -0.2) is 31.2 Å². The van der Waals surface area contributed by atoms with E-state index in [-0.39, 0.29) is 24.0 Å². The third-order valence-electron chi connectivity index (χ3n) is 3.62. The molecule has 148 valence electrons. The monoisotopic (exact) mass is 484 g/mol. The maximum Gasteiger partial charge on any atom is 0.191 e. The van der Waals surface area contributed by atoms with Crippen molar-refractivity contribution in [2.45, 2.75) is 33.4 Å². The van der Waals surface area contributed by atoms with Crippen molar-refractivity contribution >= 4 is 29.9 Å². The van der Waals surface area contributed by atoms with Crippen molar-refractivity contribution in [3.63, 3.8) is 0 Å². The topological polar surface area (TPSA) is 67.8 Å². The zero-order chi connectivity index (χ0) is 18.6. The van der Waals surface area contributed by atoms with Gasteiger partial charge in [-0.15, -0.1) is 24.0 Å². The Labute approximate surface area is 178 Å². The summed E-state index contributed by atoms with van der Waals surface area (Å²) in [7, 11) is 1.65. The van der Waals surface area contributed by atoms with Crippen molar-refractivity contribution < 1.29 is 9.47 Å². The first kappa shape index (κ1) is 23.0. The lowest BCUT2D eigenvalue weighted by Crippen LogP contribution is -2.37. The zero-order valence-electron chi connectivity index (χ0n) is 16.2. The van der Waals surface area contributed by atoms with Crippen LogP contribution in [0, 0.1) is 0 Å². The van der Waals surface area contributed by atoms with Crippen molar-refractivity contribution in [2.24, 2.45) is 4.99 Å². The van der Waals surface area contributed by atoms with Crippen molar-refractivity contribution in [1.82, 2.24) is 15.6 Å². The summed E-state index contributed by atoms with van der Waals surface area (Å²) in [6.45, 7) is 6.76. The standard InChI is InChI=1S/C20H28N4O2.HI/c1-4-12-26-18-10-9-16(13-19(18)25-3)14-23-20(21-5-2)24-15-17-8-6-7-11-22-17;/h6-11,13H,4-5,12,14-15H2,1-3H3,(H2,21,23,24);1H. The van der Waals surface area contributed by atoms with Gasteiger partial charge in [0, 0.05) is 12.7 Å². The van der Waals surface area contributed by atoms with E-state index in [2.05, 4.69) is 27.5 Å². The van der Waals surface area contributed by atoms with Gasteiger partial charge in [-0.2, -0.15) is 0 Å². The molecular weight excluding hydrogens is 455 g/mol. The number of aromatic nitrogens is 1. The number of ether oxygens (including phenoxy) is 2. The molecule has 0 radical (unpaired) electrons. The van der Waals surface area contributed by atoms with Gasteiger partial charge in [0.05, 0.1) is 32.5 Å². The summed E-state index contributed by atoms with van der Waals surface area (Å²) in [5.74, 6) is 2.25. The van der Waals surface area contributed by atoms with E-state index in [1.165, 1.54) is 0 Å². The van der Waals surface area contributed by atoms with Crippen LogP contribution in [0.3, 0.4) is 0 Å². The molecule has 0 spiro atoms. The van der Waals surface area contributed by atoms with Crippen molar-refractivity contribution in [3.8, 4) is 11.5 Å². The lowest BCUT2D eigenvalue weighted by atomic mass is 10.2. The van der Waals surface area contributed by atoms with Crippen LogP contribution in [0.15, 0.2) is 47.6 Å². The Kier molecular flexibility index (Phi) is 11.2. The second kappa shape index (κ2) is 13.2. The molecule has 27 heavy (non-hydrogen) atoms. The smallest absolute Gasteiger partial charge is 0.191 e. The highest BCUT2D eigenvalue weighted by molar-refractivity contribution is 14.0. The Morgan fingerprint density at radius 3 is 2.63 bits per heavy atom. The van der Waals surface area contributed by atoms with E-state index in [9.17, 15) is 0 Å². The second-order valence-corrected chi connectivity index (χ2v) is 5.70. The molecule has 2 N–H and O–H groups in total. The van der Waals surface area contributed by atoms with Gasteiger partial charge in [0.25, 0.3) is 0 Å². The van der Waals surface area contributed by atoms with Gasteiger partial charge in [-0.05, 0) is 43.2 Å². The third-order valence-corrected chi connectivity index (χ3v) is 3.62. The van der Waals surface area contributed by atoms with E-state index in [0.717, 1.165) is 41.7 Å². The molecule has 0 atom stereocenters. The van der Waals surface area contributed by atoms with Crippen molar-refractivity contribution in [2.75, 3.05) is 20.3 Å². The van der Waals surface area contributed by atoms with Crippen LogP contribution in [-0.2, 0) is 13.1 Å². The van der Waals surface area contributed by atoms with E-state index in [4.69, 9.17) is 9.47 Å². The molecular formula is C20H29IN4O2. The lowest BCUT2D eigenvalue weighted by Gasteiger charge is -2.12. The van der Waals surface area contributed by atoms with Crippen LogP contribution >= 0.6 is 24.0 Å². The third kappa shape index (κ3) is 8.03. The van der Waals surface area contributed by atoms with Gasteiger partial charge in [0.15, 0.2) is 17.5 Å². The molecule has 0 aliphatic heterocycles. The first-order chi connectivity index (χ1) is 12.8. The molecule has 0 aliphatic rings. The van der Waals surface area contributed by atoms with Gasteiger partial charge in [0.1, 0.15) is 0 Å². The summed E-state index contributed by atoms with van der Waals surface area (Å²) in [5, 5.41) is 6.54. The molecule has 0 amide bonds. The van der Waals surface area contributed by atoms with Crippen molar-refractivity contribution in [1.29, 1.82) is 0 Å². The number of aliphatic imine (C=N–C) groups is 1. The average Bonchev–Trinajstić information content (AvgIpc) is 2.69. The summed E-state index contributed by atoms with van der Waals surface area (Å²) < 4.78 is 11.1. The van der Waals surface area contributed by atoms with Gasteiger partial charge >= 0.3 is 0 Å². The molecule has 0 aliphatic carbocycles. The van der Waals surface area contributed by atoms with Crippen LogP contribution in [0.25, 0.3) is 0 Å². The molecule has 1 heterocycles. The minimum absolute atomic E-state index is 0. The Morgan fingerprint density at radius 1 is 1.11 bits per heavy atom. The predicted molar refractivity (Wildman–Crippen MR) is 120 cm³/mol. The highest BCUT2D eigenvalue weighted by atomic mass is 127. The number of guanidine groups is 1. The van der Waals surface area contributed by atoms with E-state index in [1.807, 2.05) is 43.3 Å². The zero-order valence-corrected chi connectivity index (χ0v) is 18.5. The number of hydrogen-bond acceptors (Lipinski definition) is 4. The molecule has 2 aromatic rings. The number of pyridine rings is 1. The summed E-state index contributed by atoms with van der Waals surface area (Å²) in [6, 6.07) is 11.8. The number of halogens is 1. The molecule has 2 rings (SSSR count). The lowest BCUT2D eigenvalue weighted by molar-refractivity contribution is 0.294.